The van der Waals surface area contributed by atoms with Crippen molar-refractivity contribution in [2.45, 2.75) is 38.6 Å². The standard InChI is InChI=1S/C27H24N6O3S2/c1-4-16-6-8-17(9-7-16)22-19(13-29)24(31)33-25(20(22)14-30)37-11-10-21(34)32-26-18(12-28)15(3)23(38-26)27(35)36-5-2/h6-9H,4-5,10-11H2,1-3H3,(H2,31,33)(H,32,34). The molecule has 0 aliphatic heterocycles. The van der Waals surface area contributed by atoms with Crippen molar-refractivity contribution in [3.8, 4) is 29.3 Å². The number of thioether (sulfide) groups is 1. The Bertz CT molecular complexity index is 1510. The van der Waals surface area contributed by atoms with E-state index >= 15 is 0 Å². The minimum atomic E-state index is -0.545. The van der Waals surface area contributed by atoms with Crippen LogP contribution in [0, 0.1) is 40.9 Å². The number of hydrogen-bond acceptors (Lipinski definition) is 10. The Kier molecular flexibility index (Phi) is 9.45. The first-order valence-corrected chi connectivity index (χ1v) is 13.5. The lowest BCUT2D eigenvalue weighted by molar-refractivity contribution is -0.115. The number of nitrogens with one attached hydrogen (secondary N) is 1. The van der Waals surface area contributed by atoms with Crippen LogP contribution in [0.15, 0.2) is 29.3 Å². The molecule has 1 aromatic carbocycles. The maximum Gasteiger partial charge on any atom is 0.348 e. The summed E-state index contributed by atoms with van der Waals surface area (Å²) in [4.78, 5) is 29.4. The number of carbonyl (C=O) groups excluding carboxylic acids is 2. The number of hydrogen-bond donors (Lipinski definition) is 2. The highest BCUT2D eigenvalue weighted by Crippen LogP contribution is 2.36. The molecule has 0 aliphatic carbocycles. The predicted molar refractivity (Wildman–Crippen MR) is 147 cm³/mol. The zero-order valence-electron chi connectivity index (χ0n) is 21.0. The minimum absolute atomic E-state index is 0.00670. The van der Waals surface area contributed by atoms with Crippen LogP contribution >= 0.6 is 23.1 Å². The lowest BCUT2D eigenvalue weighted by Gasteiger charge is -2.13. The minimum Gasteiger partial charge on any atom is -0.462 e. The molecular formula is C27H24N6O3S2. The molecule has 0 spiro atoms. The van der Waals surface area contributed by atoms with Crippen LogP contribution in [0.2, 0.25) is 0 Å². The largest absolute Gasteiger partial charge is 0.462 e. The highest BCUT2D eigenvalue weighted by atomic mass is 32.2. The van der Waals surface area contributed by atoms with Crippen molar-refractivity contribution < 1.29 is 14.3 Å². The average Bonchev–Trinajstić information content (AvgIpc) is 3.22. The lowest BCUT2D eigenvalue weighted by atomic mass is 9.96. The summed E-state index contributed by atoms with van der Waals surface area (Å²) in [6.45, 7) is 5.54. The fourth-order valence-corrected chi connectivity index (χ4v) is 5.66. The van der Waals surface area contributed by atoms with E-state index in [-0.39, 0.29) is 57.1 Å². The number of ether oxygens (including phenoxy) is 1. The Morgan fingerprint density at radius 2 is 1.74 bits per heavy atom. The van der Waals surface area contributed by atoms with E-state index in [1.807, 2.05) is 37.3 Å². The highest BCUT2D eigenvalue weighted by molar-refractivity contribution is 7.99. The average molecular weight is 545 g/mol. The molecule has 1 amide bonds. The topological polar surface area (TPSA) is 166 Å². The third kappa shape index (κ3) is 5.95. The van der Waals surface area contributed by atoms with E-state index in [1.54, 1.807) is 13.8 Å². The molecule has 38 heavy (non-hydrogen) atoms. The number of pyridine rings is 1. The van der Waals surface area contributed by atoms with Crippen LogP contribution in [-0.4, -0.2) is 29.2 Å². The van der Waals surface area contributed by atoms with Gasteiger partial charge in [0.25, 0.3) is 0 Å². The summed E-state index contributed by atoms with van der Waals surface area (Å²) in [7, 11) is 0. The predicted octanol–water partition coefficient (Wildman–Crippen LogP) is 5.18. The second kappa shape index (κ2) is 12.7. The van der Waals surface area contributed by atoms with Gasteiger partial charge in [-0.2, -0.15) is 15.8 Å². The van der Waals surface area contributed by atoms with E-state index in [1.165, 1.54) is 11.8 Å². The highest BCUT2D eigenvalue weighted by Gasteiger charge is 2.23. The number of rotatable bonds is 9. The number of carbonyl (C=O) groups is 2. The fourth-order valence-electron chi connectivity index (χ4n) is 3.66. The maximum atomic E-state index is 12.7. The molecule has 0 bridgehead atoms. The van der Waals surface area contributed by atoms with Crippen molar-refractivity contribution in [2.75, 3.05) is 23.4 Å². The van der Waals surface area contributed by atoms with Gasteiger partial charge in [-0.15, -0.1) is 23.1 Å². The van der Waals surface area contributed by atoms with Crippen LogP contribution in [0.3, 0.4) is 0 Å². The number of nitrogen functional groups attached to an aromatic ring is 1. The fraction of sp³-hybridized carbons (Fsp3) is 0.259. The molecule has 192 valence electrons. The van der Waals surface area contributed by atoms with Gasteiger partial charge in [0, 0.05) is 17.7 Å². The Morgan fingerprint density at radius 1 is 1.08 bits per heavy atom. The summed E-state index contributed by atoms with van der Waals surface area (Å²) in [5.41, 5.74) is 9.29. The number of nitriles is 3. The van der Waals surface area contributed by atoms with E-state index in [9.17, 15) is 25.4 Å². The molecule has 11 heteroatoms. The van der Waals surface area contributed by atoms with E-state index < -0.39 is 5.97 Å². The molecule has 3 aromatic rings. The van der Waals surface area contributed by atoms with Crippen molar-refractivity contribution in [3.05, 3.63) is 57.0 Å². The van der Waals surface area contributed by atoms with Crippen LogP contribution in [-0.2, 0) is 16.0 Å². The lowest BCUT2D eigenvalue weighted by Crippen LogP contribution is -2.12. The van der Waals surface area contributed by atoms with Gasteiger partial charge in [-0.05, 0) is 37.0 Å². The molecule has 3 N–H and O–H groups in total. The summed E-state index contributed by atoms with van der Waals surface area (Å²) < 4.78 is 5.02. The van der Waals surface area contributed by atoms with Crippen LogP contribution in [0.1, 0.15) is 57.8 Å². The van der Waals surface area contributed by atoms with E-state index in [0.29, 0.717) is 21.7 Å². The van der Waals surface area contributed by atoms with Gasteiger partial charge in [-0.1, -0.05) is 31.2 Å². The summed E-state index contributed by atoms with van der Waals surface area (Å²) in [6.07, 6.45) is 0.886. The maximum absolute atomic E-state index is 12.7. The van der Waals surface area contributed by atoms with Gasteiger partial charge < -0.3 is 15.8 Å². The molecular weight excluding hydrogens is 520 g/mol. The molecule has 2 heterocycles. The first kappa shape index (κ1) is 28.2. The van der Waals surface area contributed by atoms with Gasteiger partial charge in [0.1, 0.15) is 44.5 Å². The molecule has 0 radical (unpaired) electrons. The van der Waals surface area contributed by atoms with Crippen LogP contribution in [0.5, 0.6) is 0 Å². The second-order valence-corrected chi connectivity index (χ2v) is 10.0. The normalized spacial score (nSPS) is 10.2. The molecule has 0 saturated carbocycles. The number of aryl methyl sites for hydroxylation is 1. The third-order valence-corrected chi connectivity index (χ3v) is 7.77. The summed E-state index contributed by atoms with van der Waals surface area (Å²) >= 11 is 2.16. The van der Waals surface area contributed by atoms with Crippen molar-refractivity contribution in [3.63, 3.8) is 0 Å². The van der Waals surface area contributed by atoms with Crippen molar-refractivity contribution in [2.24, 2.45) is 0 Å². The molecule has 0 aliphatic rings. The van der Waals surface area contributed by atoms with Crippen molar-refractivity contribution in [1.29, 1.82) is 15.8 Å². The van der Waals surface area contributed by atoms with Crippen LogP contribution in [0.4, 0.5) is 10.8 Å². The Labute approximate surface area is 228 Å². The van der Waals surface area contributed by atoms with Crippen molar-refractivity contribution >= 4 is 45.8 Å². The van der Waals surface area contributed by atoms with Gasteiger partial charge in [0.05, 0.1) is 17.7 Å². The second-order valence-electron chi connectivity index (χ2n) is 7.94. The smallest absolute Gasteiger partial charge is 0.348 e. The molecule has 0 atom stereocenters. The number of amides is 1. The number of nitrogens with zero attached hydrogens (tertiary/aromatic N) is 4. The molecule has 0 fully saturated rings. The van der Waals surface area contributed by atoms with Crippen LogP contribution in [0.25, 0.3) is 11.1 Å². The Balaban J connectivity index is 1.80. The van der Waals surface area contributed by atoms with Crippen LogP contribution < -0.4 is 11.1 Å². The van der Waals surface area contributed by atoms with E-state index in [4.69, 9.17) is 10.5 Å². The molecule has 0 unspecified atom stereocenters. The summed E-state index contributed by atoms with van der Waals surface area (Å²) in [5, 5.41) is 32.4. The summed E-state index contributed by atoms with van der Waals surface area (Å²) in [5.74, 6) is -0.658. The number of nitrogens with two attached hydrogens (primary N) is 1. The van der Waals surface area contributed by atoms with Gasteiger partial charge in [0.2, 0.25) is 5.91 Å². The molecule has 0 saturated heterocycles. The number of thiophene rings is 1. The quantitative estimate of drug-likeness (QED) is 0.273. The number of esters is 1. The third-order valence-electron chi connectivity index (χ3n) is 5.61. The van der Waals surface area contributed by atoms with Gasteiger partial charge in [-0.25, -0.2) is 9.78 Å². The number of anilines is 2. The van der Waals surface area contributed by atoms with Gasteiger partial charge in [0.15, 0.2) is 0 Å². The summed E-state index contributed by atoms with van der Waals surface area (Å²) in [6, 6.07) is 13.8. The van der Waals surface area contributed by atoms with E-state index in [2.05, 4.69) is 22.4 Å². The van der Waals surface area contributed by atoms with Gasteiger partial charge >= 0.3 is 5.97 Å². The first-order valence-electron chi connectivity index (χ1n) is 11.7. The number of benzene rings is 1. The zero-order valence-corrected chi connectivity index (χ0v) is 22.7. The Hall–Kier alpha value is -4.37. The molecule has 2 aromatic heterocycles. The first-order chi connectivity index (χ1) is 18.3. The zero-order chi connectivity index (χ0) is 27.8. The monoisotopic (exact) mass is 544 g/mol. The molecule has 9 nitrogen and oxygen atoms in total. The van der Waals surface area contributed by atoms with Crippen molar-refractivity contribution in [1.82, 2.24) is 4.98 Å². The SMILES string of the molecule is CCOC(=O)c1sc(NC(=O)CCSc2nc(N)c(C#N)c(-c3ccc(CC)cc3)c2C#N)c(C#N)c1C. The molecule has 3 rings (SSSR count). The van der Waals surface area contributed by atoms with E-state index in [0.717, 1.165) is 23.3 Å². The Morgan fingerprint density at radius 3 is 2.32 bits per heavy atom. The van der Waals surface area contributed by atoms with Gasteiger partial charge in [-0.3, -0.25) is 4.79 Å². The number of aromatic nitrogens is 1.